The summed E-state index contributed by atoms with van der Waals surface area (Å²) in [6.07, 6.45) is 58.2. The summed E-state index contributed by atoms with van der Waals surface area (Å²) in [6, 6.07) is -0.720. The summed E-state index contributed by atoms with van der Waals surface area (Å²) < 4.78 is 5.89. The topological polar surface area (TPSA) is 95.9 Å². The molecule has 0 saturated carbocycles. The molecule has 3 N–H and O–H groups in total. The summed E-state index contributed by atoms with van der Waals surface area (Å²) in [5.41, 5.74) is 0. The fourth-order valence-electron chi connectivity index (χ4n) is 7.11. The second-order valence-electron chi connectivity index (χ2n) is 16.4. The molecule has 0 fully saturated rings. The van der Waals surface area contributed by atoms with Crippen molar-refractivity contribution in [1.82, 2.24) is 5.32 Å². The average molecular weight is 824 g/mol. The maximum Gasteiger partial charge on any atom is 0.306 e. The number of hydrogen-bond donors (Lipinski definition) is 3. The number of unbranched alkanes of at least 4 members (excludes halogenated alkanes) is 19. The zero-order valence-electron chi connectivity index (χ0n) is 38.6. The molecule has 3 atom stereocenters. The van der Waals surface area contributed by atoms with Crippen LogP contribution in [0.15, 0.2) is 72.9 Å². The van der Waals surface area contributed by atoms with Gasteiger partial charge in [-0.25, -0.2) is 0 Å². The molecule has 0 bridgehead atoms. The summed E-state index contributed by atoms with van der Waals surface area (Å²) in [6.45, 7) is 6.23. The van der Waals surface area contributed by atoms with E-state index in [4.69, 9.17) is 4.74 Å². The Hall–Kier alpha value is -2.70. The summed E-state index contributed by atoms with van der Waals surface area (Å²) in [5, 5.41) is 23.7. The Balaban J connectivity index is 4.64. The molecule has 0 aromatic rings. The highest BCUT2D eigenvalue weighted by Crippen LogP contribution is 2.17. The van der Waals surface area contributed by atoms with Gasteiger partial charge in [-0.2, -0.15) is 0 Å². The van der Waals surface area contributed by atoms with E-state index < -0.39 is 18.2 Å². The Morgan fingerprint density at radius 2 is 0.915 bits per heavy atom. The molecule has 0 aliphatic carbocycles. The lowest BCUT2D eigenvalue weighted by molar-refractivity contribution is -0.151. The van der Waals surface area contributed by atoms with Crippen LogP contribution >= 0.6 is 0 Å². The SMILES string of the molecule is CC/C=C/C/C=C/C/C=C/CCCCCCC(=O)OC(CCCC/C=C/C/C=C/C/C=C/CC)CC(=O)NC(CO)C(O)CCCCCCCCCCCCCCCC. The first-order valence-corrected chi connectivity index (χ1v) is 24.7. The third-order valence-corrected chi connectivity index (χ3v) is 10.8. The van der Waals surface area contributed by atoms with Crippen LogP contribution in [0.3, 0.4) is 0 Å². The maximum atomic E-state index is 13.2. The third kappa shape index (κ3) is 41.8. The van der Waals surface area contributed by atoms with Crippen LogP contribution in [0.2, 0.25) is 0 Å². The number of rotatable bonds is 43. The molecule has 6 heteroatoms. The van der Waals surface area contributed by atoms with Crippen LogP contribution in [0.4, 0.5) is 0 Å². The van der Waals surface area contributed by atoms with Crippen LogP contribution in [0, 0.1) is 0 Å². The van der Waals surface area contributed by atoms with E-state index in [9.17, 15) is 19.8 Å². The zero-order valence-corrected chi connectivity index (χ0v) is 38.6. The molecule has 340 valence electrons. The van der Waals surface area contributed by atoms with Gasteiger partial charge in [0, 0.05) is 6.42 Å². The lowest BCUT2D eigenvalue weighted by Gasteiger charge is -2.24. The molecule has 0 rings (SSSR count). The Kier molecular flexibility index (Phi) is 44.2. The van der Waals surface area contributed by atoms with Gasteiger partial charge < -0.3 is 20.3 Å². The zero-order chi connectivity index (χ0) is 43.1. The fraction of sp³-hybridized carbons (Fsp3) is 0.736. The molecule has 0 radical (unpaired) electrons. The molecule has 59 heavy (non-hydrogen) atoms. The van der Waals surface area contributed by atoms with Gasteiger partial charge in [0.1, 0.15) is 6.10 Å². The van der Waals surface area contributed by atoms with Crippen LogP contribution in [0.1, 0.15) is 226 Å². The van der Waals surface area contributed by atoms with Gasteiger partial charge in [-0.05, 0) is 89.9 Å². The van der Waals surface area contributed by atoms with E-state index in [1.165, 1.54) is 70.6 Å². The van der Waals surface area contributed by atoms with Crippen molar-refractivity contribution in [1.29, 1.82) is 0 Å². The highest BCUT2D eigenvalue weighted by molar-refractivity contribution is 5.77. The molecule has 0 aliphatic rings. The molecule has 0 heterocycles. The second kappa shape index (κ2) is 46.4. The third-order valence-electron chi connectivity index (χ3n) is 10.8. The van der Waals surface area contributed by atoms with Crippen molar-refractivity contribution >= 4 is 11.9 Å². The number of nitrogens with one attached hydrogen (secondary N) is 1. The molecule has 1 amide bonds. The number of hydrogen-bond acceptors (Lipinski definition) is 5. The predicted octanol–water partition coefficient (Wildman–Crippen LogP) is 14.6. The van der Waals surface area contributed by atoms with Gasteiger partial charge in [-0.15, -0.1) is 0 Å². The first-order valence-electron chi connectivity index (χ1n) is 24.7. The van der Waals surface area contributed by atoms with Gasteiger partial charge in [0.25, 0.3) is 0 Å². The molecule has 0 aliphatic heterocycles. The molecular formula is C53H93NO5. The average Bonchev–Trinajstić information content (AvgIpc) is 3.23. The Bertz CT molecular complexity index is 1110. The van der Waals surface area contributed by atoms with Gasteiger partial charge in [0.05, 0.1) is 25.2 Å². The first-order chi connectivity index (χ1) is 29.0. The van der Waals surface area contributed by atoms with E-state index in [-0.39, 0.29) is 24.9 Å². The summed E-state index contributed by atoms with van der Waals surface area (Å²) in [5.74, 6) is -0.542. The van der Waals surface area contributed by atoms with Crippen molar-refractivity contribution in [2.24, 2.45) is 0 Å². The number of ether oxygens (including phenoxy) is 1. The van der Waals surface area contributed by atoms with E-state index in [1.807, 2.05) is 0 Å². The minimum atomic E-state index is -0.804. The standard InChI is InChI=1S/C53H93NO5/c1-4-7-10-13-16-19-22-25-27-30-33-36-39-42-45-51(56)50(48-55)54-52(57)47-49(44-41-38-35-32-29-24-21-18-15-12-9-6-3)59-53(58)46-43-40-37-34-31-28-26-23-20-17-14-11-8-5-2/h8-9,11-12,17-18,20-21,26,28-29,32,49-51,55-56H,4-7,10,13-16,19,22-25,27,30-31,33-48H2,1-3H3,(H,54,57)/b11-8+,12-9+,20-17+,21-18+,28-26+,32-29+. The lowest BCUT2D eigenvalue weighted by Crippen LogP contribution is -2.46. The van der Waals surface area contributed by atoms with E-state index in [1.54, 1.807) is 0 Å². The Morgan fingerprint density at radius 3 is 1.41 bits per heavy atom. The molecule has 0 aromatic carbocycles. The number of allylic oxidation sites excluding steroid dienone is 12. The van der Waals surface area contributed by atoms with Crippen molar-refractivity contribution in [2.75, 3.05) is 6.61 Å². The van der Waals surface area contributed by atoms with E-state index >= 15 is 0 Å². The number of aliphatic hydroxyl groups is 2. The summed E-state index contributed by atoms with van der Waals surface area (Å²) >= 11 is 0. The molecule has 3 unspecified atom stereocenters. The van der Waals surface area contributed by atoms with Gasteiger partial charge in [-0.1, -0.05) is 196 Å². The molecule has 0 aromatic heterocycles. The monoisotopic (exact) mass is 824 g/mol. The fourth-order valence-corrected chi connectivity index (χ4v) is 7.11. The smallest absolute Gasteiger partial charge is 0.306 e. The van der Waals surface area contributed by atoms with Crippen LogP contribution in [0.5, 0.6) is 0 Å². The van der Waals surface area contributed by atoms with Crippen molar-refractivity contribution in [2.45, 2.75) is 244 Å². The minimum Gasteiger partial charge on any atom is -0.462 e. The predicted molar refractivity (Wildman–Crippen MR) is 255 cm³/mol. The summed E-state index contributed by atoms with van der Waals surface area (Å²) in [4.78, 5) is 26.1. The largest absolute Gasteiger partial charge is 0.462 e. The van der Waals surface area contributed by atoms with Crippen LogP contribution in [-0.2, 0) is 14.3 Å². The van der Waals surface area contributed by atoms with Crippen LogP contribution < -0.4 is 5.32 Å². The van der Waals surface area contributed by atoms with Crippen molar-refractivity contribution in [3.63, 3.8) is 0 Å². The van der Waals surface area contributed by atoms with Gasteiger partial charge in [-0.3, -0.25) is 9.59 Å². The second-order valence-corrected chi connectivity index (χ2v) is 16.4. The molecule has 0 saturated heterocycles. The number of aliphatic hydroxyl groups excluding tert-OH is 2. The van der Waals surface area contributed by atoms with Crippen LogP contribution in [0.25, 0.3) is 0 Å². The van der Waals surface area contributed by atoms with Crippen molar-refractivity contribution < 1.29 is 24.5 Å². The number of carbonyl (C=O) groups is 2. The minimum absolute atomic E-state index is 0.0396. The maximum absolute atomic E-state index is 13.2. The highest BCUT2D eigenvalue weighted by atomic mass is 16.5. The lowest BCUT2D eigenvalue weighted by atomic mass is 10.0. The van der Waals surface area contributed by atoms with Crippen molar-refractivity contribution in [3.05, 3.63) is 72.9 Å². The van der Waals surface area contributed by atoms with E-state index in [2.05, 4.69) is 99.0 Å². The van der Waals surface area contributed by atoms with E-state index in [0.29, 0.717) is 19.3 Å². The normalized spacial score (nSPS) is 13.9. The van der Waals surface area contributed by atoms with Gasteiger partial charge in [0.15, 0.2) is 0 Å². The molecule has 6 nitrogen and oxygen atoms in total. The van der Waals surface area contributed by atoms with Crippen LogP contribution in [-0.4, -0.2) is 46.9 Å². The van der Waals surface area contributed by atoms with Gasteiger partial charge in [0.2, 0.25) is 5.91 Å². The first kappa shape index (κ1) is 56.3. The number of carbonyl (C=O) groups excluding carboxylic acids is 2. The Morgan fingerprint density at radius 1 is 0.508 bits per heavy atom. The summed E-state index contributed by atoms with van der Waals surface area (Å²) in [7, 11) is 0. The number of amides is 1. The molecule has 0 spiro atoms. The Labute approximate surface area is 364 Å². The molecular weight excluding hydrogens is 731 g/mol. The van der Waals surface area contributed by atoms with Gasteiger partial charge >= 0.3 is 5.97 Å². The van der Waals surface area contributed by atoms with Crippen molar-refractivity contribution in [3.8, 4) is 0 Å². The quantitative estimate of drug-likeness (QED) is 0.0323. The highest BCUT2D eigenvalue weighted by Gasteiger charge is 2.24. The number of esters is 1. The van der Waals surface area contributed by atoms with E-state index in [0.717, 1.165) is 109 Å².